The molecule has 2 N–H and O–H groups in total. The Balaban J connectivity index is 1.90. The quantitative estimate of drug-likeness (QED) is 0.164. The summed E-state index contributed by atoms with van der Waals surface area (Å²) in [5.41, 5.74) is 2.31. The monoisotopic (exact) mass is 532 g/mol. The van der Waals surface area contributed by atoms with Crippen LogP contribution in [0.2, 0.25) is 0 Å². The lowest BCUT2D eigenvalue weighted by atomic mass is 9.91. The van der Waals surface area contributed by atoms with Crippen LogP contribution in [0.5, 0.6) is 0 Å². The fourth-order valence-electron chi connectivity index (χ4n) is 4.88. The van der Waals surface area contributed by atoms with Gasteiger partial charge in [0.2, 0.25) is 0 Å². The number of methoxy groups -OCH3 is 1. The predicted octanol–water partition coefficient (Wildman–Crippen LogP) is 4.99. The molecule has 2 heterocycles. The third kappa shape index (κ3) is 12.2. The maximum absolute atomic E-state index is 12.2. The van der Waals surface area contributed by atoms with Crippen molar-refractivity contribution in [2.45, 2.75) is 102 Å². The number of rotatable bonds is 16. The number of aliphatic hydroxyl groups is 2. The summed E-state index contributed by atoms with van der Waals surface area (Å²) in [6, 6.07) is 0. The third-order valence-electron chi connectivity index (χ3n) is 7.03. The van der Waals surface area contributed by atoms with Crippen molar-refractivity contribution in [2.75, 3.05) is 20.3 Å². The molecule has 2 aliphatic rings. The Morgan fingerprint density at radius 1 is 1.24 bits per heavy atom. The normalized spacial score (nSPS) is 24.1. The Hall–Kier alpha value is -2.03. The predicted molar refractivity (Wildman–Crippen MR) is 150 cm³/mol. The summed E-state index contributed by atoms with van der Waals surface area (Å²) in [4.78, 5) is 12.2. The number of hydrogen-bond donors (Lipinski definition) is 2. The number of aliphatic hydroxyl groups excluding tert-OH is 2. The second-order valence-corrected chi connectivity index (χ2v) is 10.6. The molecule has 7 atom stereocenters. The number of carbonyl (C=O) groups is 1. The van der Waals surface area contributed by atoms with Gasteiger partial charge in [0, 0.05) is 19.6 Å². The molecule has 0 saturated carbocycles. The van der Waals surface area contributed by atoms with Gasteiger partial charge in [-0.1, -0.05) is 61.1 Å². The number of carbonyl (C=O) groups excluding carboxylic acids is 1. The zero-order valence-corrected chi connectivity index (χ0v) is 23.6. The van der Waals surface area contributed by atoms with Crippen LogP contribution in [0.25, 0.3) is 0 Å². The minimum atomic E-state index is -1.07. The van der Waals surface area contributed by atoms with E-state index >= 15 is 0 Å². The number of hydrogen-bond acceptors (Lipinski definition) is 7. The number of allylic oxidation sites excluding steroid dienone is 2. The Labute approximate surface area is 228 Å². The SMILES string of the molecule is C=C(CCC(O)C(CC(OC(=O)/C=C\C)[C@@H](O)/C=C/C1CC(C)=CCO1)OC)CC(C)CC1CC=CCO1. The van der Waals surface area contributed by atoms with Crippen molar-refractivity contribution in [1.29, 1.82) is 0 Å². The molecule has 0 amide bonds. The van der Waals surface area contributed by atoms with E-state index < -0.39 is 30.4 Å². The van der Waals surface area contributed by atoms with Gasteiger partial charge in [-0.05, 0) is 58.3 Å². The molecule has 0 saturated heterocycles. The smallest absolute Gasteiger partial charge is 0.330 e. The van der Waals surface area contributed by atoms with Crippen LogP contribution in [0.1, 0.15) is 65.7 Å². The first-order valence-electron chi connectivity index (χ1n) is 13.8. The highest BCUT2D eigenvalue weighted by Gasteiger charge is 2.29. The largest absolute Gasteiger partial charge is 0.456 e. The van der Waals surface area contributed by atoms with Gasteiger partial charge in [0.1, 0.15) is 12.2 Å². The molecule has 2 aliphatic heterocycles. The van der Waals surface area contributed by atoms with Crippen LogP contribution >= 0.6 is 0 Å². The first kappa shape index (κ1) is 32.2. The van der Waals surface area contributed by atoms with E-state index in [1.165, 1.54) is 18.8 Å². The second-order valence-electron chi connectivity index (χ2n) is 10.6. The molecule has 214 valence electrons. The van der Waals surface area contributed by atoms with E-state index in [0.717, 1.165) is 31.3 Å². The summed E-state index contributed by atoms with van der Waals surface area (Å²) in [6.07, 6.45) is 14.1. The van der Waals surface area contributed by atoms with Gasteiger partial charge in [-0.3, -0.25) is 0 Å². The fraction of sp³-hybridized carbons (Fsp3) is 0.645. The zero-order valence-electron chi connectivity index (χ0n) is 23.6. The van der Waals surface area contributed by atoms with E-state index in [2.05, 4.69) is 25.7 Å². The van der Waals surface area contributed by atoms with Crippen molar-refractivity contribution in [3.63, 3.8) is 0 Å². The van der Waals surface area contributed by atoms with Crippen LogP contribution in [-0.2, 0) is 23.7 Å². The van der Waals surface area contributed by atoms with Crippen molar-refractivity contribution in [3.8, 4) is 0 Å². The average molecular weight is 533 g/mol. The van der Waals surface area contributed by atoms with E-state index in [1.807, 2.05) is 13.0 Å². The summed E-state index contributed by atoms with van der Waals surface area (Å²) in [6.45, 7) is 11.4. The molecule has 0 aromatic carbocycles. The van der Waals surface area contributed by atoms with Gasteiger partial charge in [0.05, 0.1) is 37.6 Å². The molecule has 0 bridgehead atoms. The first-order valence-corrected chi connectivity index (χ1v) is 13.8. The molecular formula is C31H48O7. The van der Waals surface area contributed by atoms with E-state index in [9.17, 15) is 15.0 Å². The van der Waals surface area contributed by atoms with Gasteiger partial charge >= 0.3 is 5.97 Å². The van der Waals surface area contributed by atoms with Crippen molar-refractivity contribution in [2.24, 2.45) is 5.92 Å². The molecule has 0 aliphatic carbocycles. The fourth-order valence-corrected chi connectivity index (χ4v) is 4.88. The van der Waals surface area contributed by atoms with Gasteiger partial charge in [0.25, 0.3) is 0 Å². The van der Waals surface area contributed by atoms with E-state index in [-0.39, 0.29) is 18.6 Å². The Morgan fingerprint density at radius 2 is 2.03 bits per heavy atom. The Morgan fingerprint density at radius 3 is 2.68 bits per heavy atom. The van der Waals surface area contributed by atoms with Crippen molar-refractivity contribution >= 4 is 5.97 Å². The zero-order chi connectivity index (χ0) is 27.9. The van der Waals surface area contributed by atoms with Crippen LogP contribution in [0.4, 0.5) is 0 Å². The molecule has 6 unspecified atom stereocenters. The van der Waals surface area contributed by atoms with Crippen LogP contribution in [-0.4, -0.2) is 73.1 Å². The number of ether oxygens (including phenoxy) is 4. The Bertz CT molecular complexity index is 843. The molecule has 0 fully saturated rings. The molecule has 2 rings (SSSR count). The minimum Gasteiger partial charge on any atom is -0.456 e. The molecule has 0 radical (unpaired) electrons. The van der Waals surface area contributed by atoms with Crippen molar-refractivity contribution < 1.29 is 34.0 Å². The van der Waals surface area contributed by atoms with Crippen LogP contribution in [0.3, 0.4) is 0 Å². The van der Waals surface area contributed by atoms with Gasteiger partial charge in [-0.15, -0.1) is 0 Å². The number of esters is 1. The second kappa shape index (κ2) is 17.5. The lowest BCUT2D eigenvalue weighted by molar-refractivity contribution is -0.151. The standard InChI is InChI=1S/C31H48O7/c1-6-9-31(34)38-30(28(33)14-12-26-19-23(3)15-17-37-26)21-29(35-5)27(32)13-11-22(2)18-24(4)20-25-10-7-8-16-36-25/h6-9,12,14-15,24-30,32-33H,2,10-11,13,16-21H2,1,3-5H3/b9-6-,14-12+/t24?,25?,26?,27?,28-,29?,30?/m0/s1. The summed E-state index contributed by atoms with van der Waals surface area (Å²) >= 11 is 0. The summed E-state index contributed by atoms with van der Waals surface area (Å²) in [5, 5.41) is 21.8. The summed E-state index contributed by atoms with van der Waals surface area (Å²) in [7, 11) is 1.52. The molecule has 0 aromatic heterocycles. The molecule has 7 heteroatoms. The highest BCUT2D eigenvalue weighted by atomic mass is 16.6. The topological polar surface area (TPSA) is 94.5 Å². The molecular weight excluding hydrogens is 484 g/mol. The van der Waals surface area contributed by atoms with Gasteiger partial charge < -0.3 is 29.2 Å². The molecule has 0 spiro atoms. The average Bonchev–Trinajstić information content (AvgIpc) is 2.89. The highest BCUT2D eigenvalue weighted by Crippen LogP contribution is 2.25. The van der Waals surface area contributed by atoms with E-state index in [4.69, 9.17) is 18.9 Å². The maximum atomic E-state index is 12.2. The van der Waals surface area contributed by atoms with Crippen LogP contribution < -0.4 is 0 Å². The van der Waals surface area contributed by atoms with Crippen LogP contribution in [0.15, 0.2) is 60.3 Å². The van der Waals surface area contributed by atoms with Gasteiger partial charge in [-0.25, -0.2) is 4.79 Å². The highest BCUT2D eigenvalue weighted by molar-refractivity contribution is 5.82. The lowest BCUT2D eigenvalue weighted by Gasteiger charge is -2.28. The first-order chi connectivity index (χ1) is 18.2. The molecule has 38 heavy (non-hydrogen) atoms. The molecule has 0 aromatic rings. The third-order valence-corrected chi connectivity index (χ3v) is 7.03. The lowest BCUT2D eigenvalue weighted by Crippen LogP contribution is -2.38. The van der Waals surface area contributed by atoms with Crippen molar-refractivity contribution in [1.82, 2.24) is 0 Å². The van der Waals surface area contributed by atoms with E-state index in [1.54, 1.807) is 25.2 Å². The van der Waals surface area contributed by atoms with Gasteiger partial charge in [-0.2, -0.15) is 0 Å². The minimum absolute atomic E-state index is 0.139. The summed E-state index contributed by atoms with van der Waals surface area (Å²) < 4.78 is 22.6. The maximum Gasteiger partial charge on any atom is 0.330 e. The van der Waals surface area contributed by atoms with E-state index in [0.29, 0.717) is 32.0 Å². The van der Waals surface area contributed by atoms with Gasteiger partial charge in [0.15, 0.2) is 0 Å². The van der Waals surface area contributed by atoms with Crippen LogP contribution in [0, 0.1) is 5.92 Å². The summed E-state index contributed by atoms with van der Waals surface area (Å²) in [5.74, 6) is -0.110. The van der Waals surface area contributed by atoms with Crippen molar-refractivity contribution in [3.05, 3.63) is 60.3 Å². The molecule has 7 nitrogen and oxygen atoms in total. The Kier molecular flexibility index (Phi) is 14.9.